The maximum Gasteiger partial charge on any atom is 0.246 e. The Kier molecular flexibility index (Phi) is 6.81. The summed E-state index contributed by atoms with van der Waals surface area (Å²) in [5.74, 6) is 0.374. The van der Waals surface area contributed by atoms with Crippen LogP contribution in [0.2, 0.25) is 0 Å². The van der Waals surface area contributed by atoms with Crippen LogP contribution in [0.15, 0.2) is 53.4 Å². The third-order valence-corrected chi connectivity index (χ3v) is 5.64. The average Bonchev–Trinajstić information content (AvgIpc) is 2.63. The molecule has 0 bridgehead atoms. The molecular formula is C19H25N3O4S. The van der Waals surface area contributed by atoms with Gasteiger partial charge in [-0.3, -0.25) is 4.79 Å². The first kappa shape index (κ1) is 20.7. The van der Waals surface area contributed by atoms with Gasteiger partial charge < -0.3 is 15.4 Å². The first-order valence-corrected chi connectivity index (χ1v) is 10.0. The topological polar surface area (TPSA) is 87.7 Å². The number of nitrogens with zero attached hydrogens (tertiary/aromatic N) is 1. The molecule has 8 heteroatoms. The van der Waals surface area contributed by atoms with Gasteiger partial charge in [0.2, 0.25) is 15.9 Å². The number of amides is 1. The zero-order chi connectivity index (χ0) is 20.0. The lowest BCUT2D eigenvalue weighted by Gasteiger charge is -2.18. The lowest BCUT2D eigenvalue weighted by Crippen LogP contribution is -2.32. The maximum absolute atomic E-state index is 12.5. The molecule has 0 aliphatic rings. The molecule has 0 unspecified atom stereocenters. The SMILES string of the molecule is CCOc1ccccc1N[C@H](C)C(=O)Nc1cccc(S(=O)(=O)N(C)C)c1. The summed E-state index contributed by atoms with van der Waals surface area (Å²) in [7, 11) is -0.645. The standard InChI is InChI=1S/C19H25N3O4S/c1-5-26-18-12-7-6-11-17(18)20-14(2)19(23)21-15-9-8-10-16(13-15)27(24,25)22(3)4/h6-14,20H,5H2,1-4H3,(H,21,23)/t14-/m1/s1. The van der Waals surface area contributed by atoms with E-state index in [2.05, 4.69) is 10.6 Å². The number of benzene rings is 2. The second kappa shape index (κ2) is 8.88. The number of carbonyl (C=O) groups excluding carboxylic acids is 1. The molecular weight excluding hydrogens is 366 g/mol. The van der Waals surface area contributed by atoms with Gasteiger partial charge in [-0.05, 0) is 44.2 Å². The fourth-order valence-corrected chi connectivity index (χ4v) is 3.31. The van der Waals surface area contributed by atoms with Crippen molar-refractivity contribution in [2.75, 3.05) is 31.3 Å². The molecule has 2 aromatic rings. The van der Waals surface area contributed by atoms with Crippen LogP contribution >= 0.6 is 0 Å². The largest absolute Gasteiger partial charge is 0.492 e. The van der Waals surface area contributed by atoms with Crippen molar-refractivity contribution < 1.29 is 17.9 Å². The lowest BCUT2D eigenvalue weighted by molar-refractivity contribution is -0.116. The van der Waals surface area contributed by atoms with Gasteiger partial charge in [0.25, 0.3) is 0 Å². The molecule has 0 radical (unpaired) electrons. The van der Waals surface area contributed by atoms with Gasteiger partial charge in [0.05, 0.1) is 17.2 Å². The molecule has 27 heavy (non-hydrogen) atoms. The average molecular weight is 391 g/mol. The van der Waals surface area contributed by atoms with Crippen molar-refractivity contribution in [1.29, 1.82) is 0 Å². The van der Waals surface area contributed by atoms with Crippen LogP contribution in [0, 0.1) is 0 Å². The summed E-state index contributed by atoms with van der Waals surface area (Å²) in [4.78, 5) is 12.6. The second-order valence-electron chi connectivity index (χ2n) is 6.10. The van der Waals surface area contributed by atoms with Crippen molar-refractivity contribution in [3.05, 3.63) is 48.5 Å². The minimum absolute atomic E-state index is 0.118. The Morgan fingerprint density at radius 1 is 1.15 bits per heavy atom. The Morgan fingerprint density at radius 3 is 2.52 bits per heavy atom. The van der Waals surface area contributed by atoms with Gasteiger partial charge in [0.15, 0.2) is 0 Å². The van der Waals surface area contributed by atoms with Crippen LogP contribution < -0.4 is 15.4 Å². The van der Waals surface area contributed by atoms with Crippen LogP contribution in [0.4, 0.5) is 11.4 Å². The molecule has 0 aliphatic carbocycles. The number of nitrogens with one attached hydrogen (secondary N) is 2. The second-order valence-corrected chi connectivity index (χ2v) is 8.25. The van der Waals surface area contributed by atoms with Crippen LogP contribution in [-0.2, 0) is 14.8 Å². The molecule has 1 atom stereocenters. The Bertz CT molecular complexity index is 897. The van der Waals surface area contributed by atoms with E-state index < -0.39 is 16.1 Å². The summed E-state index contributed by atoms with van der Waals surface area (Å²) in [6, 6.07) is 13.0. The maximum atomic E-state index is 12.5. The Hall–Kier alpha value is -2.58. The molecule has 1 amide bonds. The molecule has 0 heterocycles. The van der Waals surface area contributed by atoms with Crippen molar-refractivity contribution in [3.8, 4) is 5.75 Å². The lowest BCUT2D eigenvalue weighted by atomic mass is 10.2. The Balaban J connectivity index is 2.11. The van der Waals surface area contributed by atoms with E-state index in [0.29, 0.717) is 23.7 Å². The minimum Gasteiger partial charge on any atom is -0.492 e. The summed E-state index contributed by atoms with van der Waals surface area (Å²) in [5, 5.41) is 5.85. The van der Waals surface area contributed by atoms with E-state index in [9.17, 15) is 13.2 Å². The van der Waals surface area contributed by atoms with E-state index >= 15 is 0 Å². The molecule has 0 aromatic heterocycles. The highest BCUT2D eigenvalue weighted by atomic mass is 32.2. The fraction of sp³-hybridized carbons (Fsp3) is 0.316. The van der Waals surface area contributed by atoms with E-state index in [0.717, 1.165) is 4.31 Å². The molecule has 146 valence electrons. The van der Waals surface area contributed by atoms with Crippen molar-refractivity contribution in [1.82, 2.24) is 4.31 Å². The molecule has 2 rings (SSSR count). The number of carbonyl (C=O) groups is 1. The molecule has 2 N–H and O–H groups in total. The van der Waals surface area contributed by atoms with Gasteiger partial charge in [0.1, 0.15) is 11.8 Å². The number of ether oxygens (including phenoxy) is 1. The molecule has 2 aromatic carbocycles. The normalized spacial score (nSPS) is 12.5. The zero-order valence-corrected chi connectivity index (χ0v) is 16.7. The predicted molar refractivity (Wildman–Crippen MR) is 107 cm³/mol. The van der Waals surface area contributed by atoms with Gasteiger partial charge >= 0.3 is 0 Å². The number of hydrogen-bond acceptors (Lipinski definition) is 5. The van der Waals surface area contributed by atoms with Crippen molar-refractivity contribution >= 4 is 27.3 Å². The summed E-state index contributed by atoms with van der Waals surface area (Å²) in [5.41, 5.74) is 1.13. The molecule has 0 saturated heterocycles. The Morgan fingerprint density at radius 2 is 1.85 bits per heavy atom. The highest BCUT2D eigenvalue weighted by molar-refractivity contribution is 7.89. The molecule has 7 nitrogen and oxygen atoms in total. The van der Waals surface area contributed by atoms with E-state index in [-0.39, 0.29) is 10.8 Å². The number of hydrogen-bond donors (Lipinski definition) is 2. The third-order valence-electron chi connectivity index (χ3n) is 3.83. The van der Waals surface area contributed by atoms with Gasteiger partial charge in [-0.2, -0.15) is 0 Å². The molecule has 0 saturated carbocycles. The first-order chi connectivity index (χ1) is 12.8. The Labute approximate surface area is 160 Å². The smallest absolute Gasteiger partial charge is 0.246 e. The quantitative estimate of drug-likeness (QED) is 0.722. The molecule has 0 aliphatic heterocycles. The summed E-state index contributed by atoms with van der Waals surface area (Å²) >= 11 is 0. The third kappa shape index (κ3) is 5.21. The van der Waals surface area contributed by atoms with E-state index in [4.69, 9.17) is 4.74 Å². The number of anilines is 2. The van der Waals surface area contributed by atoms with Crippen molar-refractivity contribution in [2.45, 2.75) is 24.8 Å². The van der Waals surface area contributed by atoms with Crippen LogP contribution in [0.25, 0.3) is 0 Å². The first-order valence-electron chi connectivity index (χ1n) is 8.57. The van der Waals surface area contributed by atoms with Gasteiger partial charge in [-0.15, -0.1) is 0 Å². The van der Waals surface area contributed by atoms with Crippen LogP contribution in [0.1, 0.15) is 13.8 Å². The van der Waals surface area contributed by atoms with Crippen LogP contribution in [0.3, 0.4) is 0 Å². The van der Waals surface area contributed by atoms with Gasteiger partial charge in [-0.1, -0.05) is 18.2 Å². The summed E-state index contributed by atoms with van der Waals surface area (Å²) < 4.78 is 31.1. The van der Waals surface area contributed by atoms with E-state index in [1.165, 1.54) is 26.2 Å². The van der Waals surface area contributed by atoms with Crippen LogP contribution in [-0.4, -0.2) is 45.4 Å². The predicted octanol–water partition coefficient (Wildman–Crippen LogP) is 2.77. The van der Waals surface area contributed by atoms with Crippen molar-refractivity contribution in [3.63, 3.8) is 0 Å². The van der Waals surface area contributed by atoms with Crippen LogP contribution in [0.5, 0.6) is 5.75 Å². The van der Waals surface area contributed by atoms with Gasteiger partial charge in [-0.25, -0.2) is 12.7 Å². The molecule has 0 spiro atoms. The summed E-state index contributed by atoms with van der Waals surface area (Å²) in [6.45, 7) is 4.13. The fourth-order valence-electron chi connectivity index (χ4n) is 2.36. The molecule has 0 fully saturated rings. The van der Waals surface area contributed by atoms with E-state index in [1.54, 1.807) is 19.1 Å². The highest BCUT2D eigenvalue weighted by Gasteiger charge is 2.19. The summed E-state index contributed by atoms with van der Waals surface area (Å²) in [6.07, 6.45) is 0. The number of sulfonamides is 1. The zero-order valence-electron chi connectivity index (χ0n) is 15.9. The monoisotopic (exact) mass is 391 g/mol. The number of para-hydroxylation sites is 2. The van der Waals surface area contributed by atoms with Crippen molar-refractivity contribution in [2.24, 2.45) is 0 Å². The number of rotatable bonds is 8. The van der Waals surface area contributed by atoms with E-state index in [1.807, 2.05) is 31.2 Å². The minimum atomic E-state index is -3.57. The highest BCUT2D eigenvalue weighted by Crippen LogP contribution is 2.25. The van der Waals surface area contributed by atoms with Gasteiger partial charge in [0, 0.05) is 19.8 Å².